The minimum atomic E-state index is 0.103. The van der Waals surface area contributed by atoms with E-state index < -0.39 is 0 Å². The molecule has 1 heteroatoms. The Bertz CT molecular complexity index is 431. The Balaban J connectivity index is 2.59. The van der Waals surface area contributed by atoms with Crippen LogP contribution in [0.25, 0.3) is 0 Å². The van der Waals surface area contributed by atoms with Crippen molar-refractivity contribution in [3.8, 4) is 0 Å². The van der Waals surface area contributed by atoms with E-state index in [0.717, 1.165) is 5.57 Å². The number of hydrogen-bond acceptors (Lipinski definition) is 1. The van der Waals surface area contributed by atoms with Gasteiger partial charge in [-0.1, -0.05) is 53.2 Å². The molecule has 0 aromatic heterocycles. The third-order valence-electron chi connectivity index (χ3n) is 3.47. The zero-order valence-corrected chi connectivity index (χ0v) is 12.4. The molecule has 0 spiro atoms. The van der Waals surface area contributed by atoms with E-state index in [9.17, 15) is 0 Å². The first-order valence-electron chi connectivity index (χ1n) is 7.12. The second-order valence-electron chi connectivity index (χ2n) is 5.25. The molecule has 104 valence electrons. The van der Waals surface area contributed by atoms with Gasteiger partial charge in [-0.2, -0.15) is 0 Å². The molecule has 0 radical (unpaired) electrons. The van der Waals surface area contributed by atoms with Gasteiger partial charge in [0.15, 0.2) is 0 Å². The average Bonchev–Trinajstić information content (AvgIpc) is 2.38. The van der Waals surface area contributed by atoms with Gasteiger partial charge in [-0.05, 0) is 52.0 Å². The van der Waals surface area contributed by atoms with E-state index in [4.69, 9.17) is 5.11 Å². The normalized spacial score (nSPS) is 18.9. The zero-order valence-electron chi connectivity index (χ0n) is 12.4. The minimum Gasteiger partial charge on any atom is -0.392 e. The smallest absolute Gasteiger partial charge is 0.0617 e. The van der Waals surface area contributed by atoms with E-state index >= 15 is 0 Å². The fourth-order valence-corrected chi connectivity index (χ4v) is 2.16. The van der Waals surface area contributed by atoms with Crippen LogP contribution in [0.15, 0.2) is 58.7 Å². The van der Waals surface area contributed by atoms with Crippen molar-refractivity contribution in [3.05, 3.63) is 58.7 Å². The standard InChI is InChI=1S/C18H26O/c1-15(7-6-8-16(2)13-14-19)11-12-18-10-5-4-9-17(18)3/h6-8,11-13,19H,4-5,9-10,14H2,1-3H3/b8-6+,12-11+,15-7+,16-13+. The van der Waals surface area contributed by atoms with Crippen LogP contribution in [0, 0.1) is 0 Å². The van der Waals surface area contributed by atoms with Crippen molar-refractivity contribution in [1.29, 1.82) is 0 Å². The predicted molar refractivity (Wildman–Crippen MR) is 84.0 cm³/mol. The van der Waals surface area contributed by atoms with Gasteiger partial charge in [-0.15, -0.1) is 0 Å². The summed E-state index contributed by atoms with van der Waals surface area (Å²) in [5.41, 5.74) is 5.40. The Morgan fingerprint density at radius 2 is 1.84 bits per heavy atom. The molecule has 0 saturated carbocycles. The van der Waals surface area contributed by atoms with E-state index in [-0.39, 0.29) is 6.61 Å². The van der Waals surface area contributed by atoms with Crippen LogP contribution in [-0.4, -0.2) is 11.7 Å². The van der Waals surface area contributed by atoms with Crippen molar-refractivity contribution in [3.63, 3.8) is 0 Å². The van der Waals surface area contributed by atoms with Crippen LogP contribution in [-0.2, 0) is 0 Å². The molecule has 1 aliphatic rings. The third kappa shape index (κ3) is 6.40. The predicted octanol–water partition coefficient (Wildman–Crippen LogP) is 4.87. The van der Waals surface area contributed by atoms with Gasteiger partial charge < -0.3 is 5.11 Å². The van der Waals surface area contributed by atoms with Gasteiger partial charge in [0.25, 0.3) is 0 Å². The van der Waals surface area contributed by atoms with E-state index in [1.54, 1.807) is 11.6 Å². The molecule has 0 aromatic rings. The lowest BCUT2D eigenvalue weighted by atomic mass is 9.92. The molecule has 0 atom stereocenters. The Morgan fingerprint density at radius 1 is 1.11 bits per heavy atom. The first-order chi connectivity index (χ1) is 9.13. The zero-order chi connectivity index (χ0) is 14.1. The van der Waals surface area contributed by atoms with Gasteiger partial charge >= 0.3 is 0 Å². The van der Waals surface area contributed by atoms with Crippen molar-refractivity contribution < 1.29 is 5.11 Å². The van der Waals surface area contributed by atoms with Crippen molar-refractivity contribution in [2.75, 3.05) is 6.61 Å². The SMILES string of the molecule is CC1=C(/C=C/C(C)=C/C=C/C(C)=C/CO)CCCC1. The van der Waals surface area contributed by atoms with Gasteiger partial charge in [-0.25, -0.2) is 0 Å². The van der Waals surface area contributed by atoms with Gasteiger partial charge in [0.1, 0.15) is 0 Å². The van der Waals surface area contributed by atoms with Crippen molar-refractivity contribution in [1.82, 2.24) is 0 Å². The third-order valence-corrected chi connectivity index (χ3v) is 3.47. The molecule has 0 heterocycles. The Kier molecular flexibility index (Phi) is 7.20. The fraction of sp³-hybridized carbons (Fsp3) is 0.444. The number of hydrogen-bond donors (Lipinski definition) is 1. The molecule has 0 amide bonds. The van der Waals surface area contributed by atoms with Crippen LogP contribution in [0.3, 0.4) is 0 Å². The minimum absolute atomic E-state index is 0.103. The van der Waals surface area contributed by atoms with Crippen LogP contribution in [0.4, 0.5) is 0 Å². The first kappa shape index (κ1) is 15.7. The van der Waals surface area contributed by atoms with E-state index in [1.807, 2.05) is 19.1 Å². The fourth-order valence-electron chi connectivity index (χ4n) is 2.16. The van der Waals surface area contributed by atoms with E-state index in [0.29, 0.717) is 0 Å². The molecule has 0 aromatic carbocycles. The van der Waals surface area contributed by atoms with E-state index in [1.165, 1.54) is 36.8 Å². The maximum Gasteiger partial charge on any atom is 0.0617 e. The monoisotopic (exact) mass is 258 g/mol. The Morgan fingerprint density at radius 3 is 2.53 bits per heavy atom. The molecule has 0 bridgehead atoms. The molecule has 1 rings (SSSR count). The van der Waals surface area contributed by atoms with Crippen molar-refractivity contribution in [2.24, 2.45) is 0 Å². The maximum absolute atomic E-state index is 8.76. The summed E-state index contributed by atoms with van der Waals surface area (Å²) in [5, 5.41) is 8.76. The molecule has 1 nitrogen and oxygen atoms in total. The summed E-state index contributed by atoms with van der Waals surface area (Å²) in [6.45, 7) is 6.46. The average molecular weight is 258 g/mol. The highest BCUT2D eigenvalue weighted by molar-refractivity contribution is 5.33. The summed E-state index contributed by atoms with van der Waals surface area (Å²) >= 11 is 0. The van der Waals surface area contributed by atoms with Gasteiger partial charge in [0, 0.05) is 0 Å². The largest absolute Gasteiger partial charge is 0.392 e. The van der Waals surface area contributed by atoms with Crippen molar-refractivity contribution >= 4 is 0 Å². The summed E-state index contributed by atoms with van der Waals surface area (Å²) in [6, 6.07) is 0. The number of aliphatic hydroxyl groups is 1. The number of rotatable bonds is 5. The van der Waals surface area contributed by atoms with Crippen LogP contribution in [0.5, 0.6) is 0 Å². The Hall–Kier alpha value is -1.34. The first-order valence-corrected chi connectivity index (χ1v) is 7.12. The summed E-state index contributed by atoms with van der Waals surface area (Å²) in [4.78, 5) is 0. The molecule has 0 saturated heterocycles. The molecule has 1 N–H and O–H groups in total. The number of aliphatic hydroxyl groups excluding tert-OH is 1. The summed E-state index contributed by atoms with van der Waals surface area (Å²) in [5.74, 6) is 0. The summed E-state index contributed by atoms with van der Waals surface area (Å²) in [6.07, 6.45) is 17.6. The highest BCUT2D eigenvalue weighted by atomic mass is 16.2. The van der Waals surface area contributed by atoms with Crippen LogP contribution in [0.1, 0.15) is 46.5 Å². The molecule has 19 heavy (non-hydrogen) atoms. The quantitative estimate of drug-likeness (QED) is 0.697. The second kappa shape index (κ2) is 8.71. The highest BCUT2D eigenvalue weighted by Crippen LogP contribution is 2.25. The topological polar surface area (TPSA) is 20.2 Å². The molecule has 0 unspecified atom stereocenters. The Labute approximate surface area is 117 Å². The molecular formula is C18H26O. The van der Waals surface area contributed by atoms with Crippen LogP contribution in [0.2, 0.25) is 0 Å². The van der Waals surface area contributed by atoms with Gasteiger partial charge in [-0.3, -0.25) is 0 Å². The van der Waals surface area contributed by atoms with Gasteiger partial charge in [0.2, 0.25) is 0 Å². The molecule has 0 aliphatic heterocycles. The van der Waals surface area contributed by atoms with E-state index in [2.05, 4.69) is 32.1 Å². The van der Waals surface area contributed by atoms with Crippen LogP contribution >= 0.6 is 0 Å². The number of allylic oxidation sites excluding steroid dienone is 9. The molecule has 0 fully saturated rings. The highest BCUT2D eigenvalue weighted by Gasteiger charge is 2.05. The second-order valence-corrected chi connectivity index (χ2v) is 5.25. The van der Waals surface area contributed by atoms with Crippen LogP contribution < -0.4 is 0 Å². The molecule has 1 aliphatic carbocycles. The summed E-state index contributed by atoms with van der Waals surface area (Å²) < 4.78 is 0. The lowest BCUT2D eigenvalue weighted by Gasteiger charge is -2.14. The maximum atomic E-state index is 8.76. The lowest BCUT2D eigenvalue weighted by Crippen LogP contribution is -1.94. The summed E-state index contributed by atoms with van der Waals surface area (Å²) in [7, 11) is 0. The van der Waals surface area contributed by atoms with Gasteiger partial charge in [0.05, 0.1) is 6.61 Å². The van der Waals surface area contributed by atoms with Crippen molar-refractivity contribution in [2.45, 2.75) is 46.5 Å². The molecular weight excluding hydrogens is 232 g/mol. The lowest BCUT2D eigenvalue weighted by molar-refractivity contribution is 0.342.